The molecule has 3 N–H and O–H groups in total. The summed E-state index contributed by atoms with van der Waals surface area (Å²) in [6.45, 7) is 3.11. The van der Waals surface area contributed by atoms with E-state index in [0.29, 0.717) is 11.1 Å². The van der Waals surface area contributed by atoms with E-state index >= 15 is 0 Å². The van der Waals surface area contributed by atoms with Gasteiger partial charge in [-0.05, 0) is 19.4 Å². The second-order valence-electron chi connectivity index (χ2n) is 5.41. The third-order valence-electron chi connectivity index (χ3n) is 4.04. The highest BCUT2D eigenvalue weighted by atomic mass is 16.5. The van der Waals surface area contributed by atoms with Gasteiger partial charge in [-0.1, -0.05) is 30.3 Å². The zero-order chi connectivity index (χ0) is 16.0. The maximum absolute atomic E-state index is 12.5. The molecule has 3 rings (SSSR count). The van der Waals surface area contributed by atoms with Crippen molar-refractivity contribution in [2.75, 3.05) is 0 Å². The third kappa shape index (κ3) is 1.94. The van der Waals surface area contributed by atoms with Crippen molar-refractivity contribution in [2.24, 2.45) is 0 Å². The van der Waals surface area contributed by atoms with Gasteiger partial charge in [0.1, 0.15) is 22.8 Å². The minimum atomic E-state index is -1.41. The number of ether oxygens (including phenoxy) is 1. The molecular formula is C17H16O5. The van der Waals surface area contributed by atoms with Crippen LogP contribution in [0.2, 0.25) is 0 Å². The van der Waals surface area contributed by atoms with Crippen LogP contribution >= 0.6 is 0 Å². The van der Waals surface area contributed by atoms with Gasteiger partial charge < -0.3 is 20.1 Å². The molecule has 1 aliphatic heterocycles. The molecule has 1 heterocycles. The summed E-state index contributed by atoms with van der Waals surface area (Å²) in [4.78, 5) is 12.5. The van der Waals surface area contributed by atoms with Crippen molar-refractivity contribution in [2.45, 2.75) is 26.1 Å². The number of carbonyl (C=O) groups is 1. The van der Waals surface area contributed by atoms with E-state index in [2.05, 4.69) is 0 Å². The Morgan fingerprint density at radius 3 is 2.27 bits per heavy atom. The highest BCUT2D eigenvalue weighted by Gasteiger charge is 2.40. The lowest BCUT2D eigenvalue weighted by molar-refractivity contribution is 0.0207. The second-order valence-corrected chi connectivity index (χ2v) is 5.41. The minimum Gasteiger partial charge on any atom is -0.507 e. The van der Waals surface area contributed by atoms with Gasteiger partial charge in [0, 0.05) is 11.1 Å². The predicted molar refractivity (Wildman–Crippen MR) is 79.4 cm³/mol. The van der Waals surface area contributed by atoms with E-state index in [0.717, 1.165) is 0 Å². The average Bonchev–Trinajstić information content (AvgIpc) is 2.54. The number of aliphatic hydroxyl groups excluding tert-OH is 1. The largest absolute Gasteiger partial charge is 0.507 e. The molecule has 0 spiro atoms. The zero-order valence-electron chi connectivity index (χ0n) is 12.2. The highest BCUT2D eigenvalue weighted by Crippen LogP contribution is 2.47. The van der Waals surface area contributed by atoms with Gasteiger partial charge in [-0.25, -0.2) is 0 Å². The number of benzene rings is 2. The number of hydrogen-bond acceptors (Lipinski definition) is 5. The van der Waals surface area contributed by atoms with Crippen LogP contribution in [-0.4, -0.2) is 27.2 Å². The Labute approximate surface area is 127 Å². The van der Waals surface area contributed by atoms with E-state index in [1.807, 2.05) is 6.07 Å². The number of aromatic hydroxyl groups is 2. The number of fused-ring (bicyclic) bond motifs is 1. The molecule has 0 unspecified atom stereocenters. The summed E-state index contributed by atoms with van der Waals surface area (Å²) in [5, 5.41) is 30.4. The van der Waals surface area contributed by atoms with Gasteiger partial charge in [0.15, 0.2) is 12.2 Å². The predicted octanol–water partition coefficient (Wildman–Crippen LogP) is 2.39. The maximum atomic E-state index is 12.5. The lowest BCUT2D eigenvalue weighted by Crippen LogP contribution is -2.36. The summed E-state index contributed by atoms with van der Waals surface area (Å²) in [5.74, 6) is -0.968. The molecule has 0 aromatic heterocycles. The molecule has 0 saturated heterocycles. The molecule has 2 aromatic rings. The van der Waals surface area contributed by atoms with E-state index in [-0.39, 0.29) is 28.4 Å². The molecule has 0 fully saturated rings. The normalized spacial score (nSPS) is 20.4. The van der Waals surface area contributed by atoms with Crippen LogP contribution in [0.15, 0.2) is 30.3 Å². The van der Waals surface area contributed by atoms with Crippen LogP contribution in [0, 0.1) is 13.8 Å². The summed E-state index contributed by atoms with van der Waals surface area (Å²) >= 11 is 0. The fourth-order valence-corrected chi connectivity index (χ4v) is 2.73. The standard InChI is InChI=1S/C17H16O5/c1-8-12(18)9(2)16-11(13(8)19)14(20)15(21)17(22-16)10-6-4-3-5-7-10/h3-7,15,17-19,21H,1-2H3/t15-,17+/m1/s1. The lowest BCUT2D eigenvalue weighted by atomic mass is 9.90. The van der Waals surface area contributed by atoms with Crippen molar-refractivity contribution >= 4 is 5.78 Å². The van der Waals surface area contributed by atoms with Crippen LogP contribution in [-0.2, 0) is 0 Å². The third-order valence-corrected chi connectivity index (χ3v) is 4.04. The first kappa shape index (κ1) is 14.4. The van der Waals surface area contributed by atoms with Gasteiger partial charge in [-0.3, -0.25) is 4.79 Å². The smallest absolute Gasteiger partial charge is 0.202 e. The summed E-state index contributed by atoms with van der Waals surface area (Å²) in [5.41, 5.74) is 1.13. The number of ketones is 1. The molecule has 0 amide bonds. The summed E-state index contributed by atoms with van der Waals surface area (Å²) in [7, 11) is 0. The number of hydrogen-bond donors (Lipinski definition) is 3. The van der Waals surface area contributed by atoms with E-state index < -0.39 is 18.0 Å². The summed E-state index contributed by atoms with van der Waals surface area (Å²) in [6, 6.07) is 8.87. The summed E-state index contributed by atoms with van der Waals surface area (Å²) in [6.07, 6.45) is -2.29. The number of phenols is 2. The Hall–Kier alpha value is -2.53. The molecule has 5 heteroatoms. The van der Waals surface area contributed by atoms with Crippen LogP contribution in [0.4, 0.5) is 0 Å². The molecule has 2 atom stereocenters. The van der Waals surface area contributed by atoms with Gasteiger partial charge in [0.05, 0.1) is 0 Å². The zero-order valence-corrected chi connectivity index (χ0v) is 12.2. The molecular weight excluding hydrogens is 284 g/mol. The van der Waals surface area contributed by atoms with Gasteiger partial charge in [0.25, 0.3) is 0 Å². The van der Waals surface area contributed by atoms with E-state index in [9.17, 15) is 20.1 Å². The molecule has 0 bridgehead atoms. The Bertz CT molecular complexity index is 752. The van der Waals surface area contributed by atoms with E-state index in [1.54, 1.807) is 31.2 Å². The van der Waals surface area contributed by atoms with Crippen LogP contribution in [0.5, 0.6) is 17.2 Å². The van der Waals surface area contributed by atoms with E-state index in [4.69, 9.17) is 4.74 Å². The Morgan fingerprint density at radius 2 is 1.64 bits per heavy atom. The molecule has 0 radical (unpaired) electrons. The first-order valence-corrected chi connectivity index (χ1v) is 6.92. The van der Waals surface area contributed by atoms with Crippen molar-refractivity contribution in [3.05, 3.63) is 52.6 Å². The number of rotatable bonds is 1. The monoisotopic (exact) mass is 300 g/mol. The van der Waals surface area contributed by atoms with Crippen molar-refractivity contribution in [1.82, 2.24) is 0 Å². The van der Waals surface area contributed by atoms with Crippen LogP contribution in [0.3, 0.4) is 0 Å². The SMILES string of the molecule is Cc1c(O)c(C)c2c(c1O)C(=O)[C@@H](O)[C@H](c1ccccc1)O2. The quantitative estimate of drug-likeness (QED) is 0.752. The van der Waals surface area contributed by atoms with Crippen molar-refractivity contribution < 1.29 is 24.9 Å². The molecule has 1 aliphatic rings. The Kier molecular flexibility index (Phi) is 3.30. The Morgan fingerprint density at radius 1 is 1.00 bits per heavy atom. The fraction of sp³-hybridized carbons (Fsp3) is 0.235. The number of Topliss-reactive ketones (excluding diaryl/α,β-unsaturated/α-hetero) is 1. The molecule has 22 heavy (non-hydrogen) atoms. The van der Waals surface area contributed by atoms with Gasteiger partial charge in [-0.2, -0.15) is 0 Å². The van der Waals surface area contributed by atoms with Crippen molar-refractivity contribution in [1.29, 1.82) is 0 Å². The topological polar surface area (TPSA) is 87.0 Å². The van der Waals surface area contributed by atoms with E-state index in [1.165, 1.54) is 6.92 Å². The summed E-state index contributed by atoms with van der Waals surface area (Å²) < 4.78 is 5.76. The second kappa shape index (κ2) is 5.03. The number of carbonyl (C=O) groups excluding carboxylic acids is 1. The fourth-order valence-electron chi connectivity index (χ4n) is 2.73. The van der Waals surface area contributed by atoms with Gasteiger partial charge in [0.2, 0.25) is 5.78 Å². The average molecular weight is 300 g/mol. The van der Waals surface area contributed by atoms with Crippen LogP contribution in [0.1, 0.15) is 33.2 Å². The number of aliphatic hydroxyl groups is 1. The molecule has 2 aromatic carbocycles. The highest BCUT2D eigenvalue weighted by molar-refractivity contribution is 6.06. The first-order valence-electron chi connectivity index (χ1n) is 6.92. The minimum absolute atomic E-state index is 0.0764. The van der Waals surface area contributed by atoms with Crippen molar-refractivity contribution in [3.63, 3.8) is 0 Å². The van der Waals surface area contributed by atoms with Gasteiger partial charge >= 0.3 is 0 Å². The molecule has 0 aliphatic carbocycles. The molecule has 5 nitrogen and oxygen atoms in total. The first-order chi connectivity index (χ1) is 10.4. The van der Waals surface area contributed by atoms with Crippen molar-refractivity contribution in [3.8, 4) is 17.2 Å². The van der Waals surface area contributed by atoms with Gasteiger partial charge in [-0.15, -0.1) is 0 Å². The Balaban J connectivity index is 2.19. The maximum Gasteiger partial charge on any atom is 0.202 e. The lowest BCUT2D eigenvalue weighted by Gasteiger charge is -2.31. The van der Waals surface area contributed by atoms with Crippen LogP contribution < -0.4 is 4.74 Å². The number of phenolic OH excluding ortho intramolecular Hbond substituents is 2. The molecule has 0 saturated carbocycles. The van der Waals surface area contributed by atoms with Crippen LogP contribution in [0.25, 0.3) is 0 Å². The molecule has 114 valence electrons.